The zero-order valence-electron chi connectivity index (χ0n) is 11.2. The molecule has 0 bridgehead atoms. The van der Waals surface area contributed by atoms with Gasteiger partial charge in [-0.1, -0.05) is 25.1 Å². The average molecular weight is 259 g/mol. The molecule has 1 aromatic heterocycles. The first-order chi connectivity index (χ1) is 9.22. The molecule has 0 saturated heterocycles. The zero-order valence-corrected chi connectivity index (χ0v) is 11.2. The Morgan fingerprint density at radius 1 is 1.16 bits per heavy atom. The standard InChI is InChI=1S/C15H18FN3/c1-3-17-11-12-7-6-10-15(18-12)19(2)14-9-5-4-8-13(14)16/h4-10,17H,3,11H2,1-2H3. The Labute approximate surface area is 113 Å². The molecule has 19 heavy (non-hydrogen) atoms. The van der Waals surface area contributed by atoms with Crippen molar-refractivity contribution < 1.29 is 4.39 Å². The molecule has 2 aromatic rings. The molecule has 0 saturated carbocycles. The first kappa shape index (κ1) is 13.5. The van der Waals surface area contributed by atoms with E-state index in [9.17, 15) is 4.39 Å². The van der Waals surface area contributed by atoms with E-state index >= 15 is 0 Å². The maximum Gasteiger partial charge on any atom is 0.146 e. The van der Waals surface area contributed by atoms with Crippen molar-refractivity contribution in [2.75, 3.05) is 18.5 Å². The molecule has 4 heteroatoms. The van der Waals surface area contributed by atoms with Crippen LogP contribution in [0.1, 0.15) is 12.6 Å². The Kier molecular flexibility index (Phi) is 4.47. The van der Waals surface area contributed by atoms with Crippen LogP contribution in [-0.4, -0.2) is 18.6 Å². The predicted octanol–water partition coefficient (Wildman–Crippen LogP) is 3.10. The van der Waals surface area contributed by atoms with Crippen LogP contribution < -0.4 is 10.2 Å². The molecule has 100 valence electrons. The number of hydrogen-bond donors (Lipinski definition) is 1. The Bertz CT molecular complexity index is 542. The van der Waals surface area contributed by atoms with Gasteiger partial charge in [0.15, 0.2) is 0 Å². The highest BCUT2D eigenvalue weighted by Crippen LogP contribution is 2.24. The number of benzene rings is 1. The smallest absolute Gasteiger partial charge is 0.146 e. The molecule has 1 N–H and O–H groups in total. The normalized spacial score (nSPS) is 10.5. The minimum absolute atomic E-state index is 0.246. The van der Waals surface area contributed by atoms with Gasteiger partial charge in [-0.3, -0.25) is 0 Å². The van der Waals surface area contributed by atoms with Gasteiger partial charge in [0.2, 0.25) is 0 Å². The molecule has 0 spiro atoms. The van der Waals surface area contributed by atoms with Crippen molar-refractivity contribution in [2.45, 2.75) is 13.5 Å². The number of halogens is 1. The van der Waals surface area contributed by atoms with Crippen molar-refractivity contribution in [1.82, 2.24) is 10.3 Å². The van der Waals surface area contributed by atoms with Gasteiger partial charge in [0.25, 0.3) is 0 Å². The second-order valence-corrected chi connectivity index (χ2v) is 4.28. The lowest BCUT2D eigenvalue weighted by molar-refractivity contribution is 0.627. The summed E-state index contributed by atoms with van der Waals surface area (Å²) in [4.78, 5) is 6.28. The van der Waals surface area contributed by atoms with E-state index in [1.54, 1.807) is 17.0 Å². The van der Waals surface area contributed by atoms with E-state index in [0.717, 1.165) is 24.6 Å². The summed E-state index contributed by atoms with van der Waals surface area (Å²) in [5, 5.41) is 3.23. The minimum atomic E-state index is -0.246. The molecule has 0 unspecified atom stereocenters. The summed E-state index contributed by atoms with van der Waals surface area (Å²) in [6, 6.07) is 12.5. The molecular weight excluding hydrogens is 241 g/mol. The summed E-state index contributed by atoms with van der Waals surface area (Å²) in [7, 11) is 1.82. The Morgan fingerprint density at radius 3 is 2.68 bits per heavy atom. The third-order valence-electron chi connectivity index (χ3n) is 2.91. The van der Waals surface area contributed by atoms with Crippen molar-refractivity contribution in [1.29, 1.82) is 0 Å². The summed E-state index contributed by atoms with van der Waals surface area (Å²) in [5.74, 6) is 0.490. The number of para-hydroxylation sites is 1. The maximum absolute atomic E-state index is 13.7. The summed E-state index contributed by atoms with van der Waals surface area (Å²) < 4.78 is 13.7. The second kappa shape index (κ2) is 6.29. The molecule has 1 heterocycles. The van der Waals surface area contributed by atoms with Gasteiger partial charge in [-0.25, -0.2) is 9.37 Å². The Balaban J connectivity index is 2.24. The highest BCUT2D eigenvalue weighted by molar-refractivity contribution is 5.59. The number of anilines is 2. The first-order valence-corrected chi connectivity index (χ1v) is 6.37. The van der Waals surface area contributed by atoms with E-state index in [1.807, 2.05) is 31.3 Å². The zero-order chi connectivity index (χ0) is 13.7. The van der Waals surface area contributed by atoms with Crippen LogP contribution in [0.5, 0.6) is 0 Å². The van der Waals surface area contributed by atoms with Gasteiger partial charge in [-0.15, -0.1) is 0 Å². The number of rotatable bonds is 5. The van der Waals surface area contributed by atoms with Crippen molar-refractivity contribution in [3.63, 3.8) is 0 Å². The van der Waals surface area contributed by atoms with E-state index in [2.05, 4.69) is 17.2 Å². The fraction of sp³-hybridized carbons (Fsp3) is 0.267. The lowest BCUT2D eigenvalue weighted by Crippen LogP contribution is -2.16. The third kappa shape index (κ3) is 3.29. The number of hydrogen-bond acceptors (Lipinski definition) is 3. The van der Waals surface area contributed by atoms with Gasteiger partial charge >= 0.3 is 0 Å². The van der Waals surface area contributed by atoms with Crippen molar-refractivity contribution in [3.8, 4) is 0 Å². The van der Waals surface area contributed by atoms with Gasteiger partial charge in [-0.2, -0.15) is 0 Å². The molecule has 0 aliphatic carbocycles. The topological polar surface area (TPSA) is 28.2 Å². The maximum atomic E-state index is 13.7. The summed E-state index contributed by atoms with van der Waals surface area (Å²) >= 11 is 0. The van der Waals surface area contributed by atoms with Crippen LogP contribution in [0, 0.1) is 5.82 Å². The number of aromatic nitrogens is 1. The van der Waals surface area contributed by atoms with E-state index in [-0.39, 0.29) is 5.82 Å². The molecule has 0 atom stereocenters. The monoisotopic (exact) mass is 259 g/mol. The van der Waals surface area contributed by atoms with Crippen LogP contribution in [0.25, 0.3) is 0 Å². The highest BCUT2D eigenvalue weighted by atomic mass is 19.1. The molecule has 0 fully saturated rings. The molecule has 3 nitrogen and oxygen atoms in total. The molecular formula is C15H18FN3. The van der Waals surface area contributed by atoms with Crippen molar-refractivity contribution in [2.24, 2.45) is 0 Å². The highest BCUT2D eigenvalue weighted by Gasteiger charge is 2.10. The van der Waals surface area contributed by atoms with Gasteiger partial charge < -0.3 is 10.2 Å². The Morgan fingerprint density at radius 2 is 1.95 bits per heavy atom. The van der Waals surface area contributed by atoms with Crippen LogP contribution in [0.2, 0.25) is 0 Å². The van der Waals surface area contributed by atoms with Crippen LogP contribution in [-0.2, 0) is 6.54 Å². The SMILES string of the molecule is CCNCc1cccc(N(C)c2ccccc2F)n1. The Hall–Kier alpha value is -1.94. The van der Waals surface area contributed by atoms with Crippen molar-refractivity contribution >= 4 is 11.5 Å². The van der Waals surface area contributed by atoms with Crippen LogP contribution in [0.3, 0.4) is 0 Å². The van der Waals surface area contributed by atoms with Crippen molar-refractivity contribution in [3.05, 3.63) is 54.0 Å². The van der Waals surface area contributed by atoms with Gasteiger partial charge in [0, 0.05) is 13.6 Å². The van der Waals surface area contributed by atoms with E-state index in [4.69, 9.17) is 0 Å². The summed E-state index contributed by atoms with van der Waals surface area (Å²) in [6.07, 6.45) is 0. The molecule has 2 rings (SSSR count). The number of pyridine rings is 1. The van der Waals surface area contributed by atoms with E-state index in [1.165, 1.54) is 6.07 Å². The van der Waals surface area contributed by atoms with Gasteiger partial charge in [-0.05, 0) is 30.8 Å². The van der Waals surface area contributed by atoms with E-state index in [0.29, 0.717) is 5.69 Å². The minimum Gasteiger partial charge on any atom is -0.327 e. The molecule has 0 aliphatic rings. The fourth-order valence-corrected chi connectivity index (χ4v) is 1.85. The van der Waals surface area contributed by atoms with E-state index < -0.39 is 0 Å². The van der Waals surface area contributed by atoms with Crippen LogP contribution >= 0.6 is 0 Å². The third-order valence-corrected chi connectivity index (χ3v) is 2.91. The molecule has 0 radical (unpaired) electrons. The fourth-order valence-electron chi connectivity index (χ4n) is 1.85. The largest absolute Gasteiger partial charge is 0.327 e. The number of nitrogens with one attached hydrogen (secondary N) is 1. The number of nitrogens with zero attached hydrogens (tertiary/aromatic N) is 2. The first-order valence-electron chi connectivity index (χ1n) is 6.37. The van der Waals surface area contributed by atoms with Gasteiger partial charge in [0.05, 0.1) is 11.4 Å². The average Bonchev–Trinajstić information content (AvgIpc) is 2.45. The lowest BCUT2D eigenvalue weighted by atomic mass is 10.2. The van der Waals surface area contributed by atoms with Gasteiger partial charge in [0.1, 0.15) is 11.6 Å². The molecule has 1 aromatic carbocycles. The molecule has 0 aliphatic heterocycles. The summed E-state index contributed by atoms with van der Waals surface area (Å²) in [6.45, 7) is 3.67. The second-order valence-electron chi connectivity index (χ2n) is 4.28. The lowest BCUT2D eigenvalue weighted by Gasteiger charge is -2.19. The molecule has 0 amide bonds. The van der Waals surface area contributed by atoms with Crippen LogP contribution in [0.4, 0.5) is 15.9 Å². The quantitative estimate of drug-likeness (QED) is 0.894. The van der Waals surface area contributed by atoms with Crippen LogP contribution in [0.15, 0.2) is 42.5 Å². The predicted molar refractivity (Wildman–Crippen MR) is 76.1 cm³/mol. The summed E-state index contributed by atoms with van der Waals surface area (Å²) in [5.41, 5.74) is 1.47.